The third-order valence-corrected chi connectivity index (χ3v) is 15.6. The molecule has 4 saturated heterocycles. The van der Waals surface area contributed by atoms with E-state index in [1.807, 2.05) is 0 Å². The molecule has 4 rings (SSSR count). The zero-order valence-electron chi connectivity index (χ0n) is 49.7. The largest absolute Gasteiger partial charge is 0.327 e. The molecule has 420 valence electrons. The van der Waals surface area contributed by atoms with E-state index in [2.05, 4.69) is 178 Å². The van der Waals surface area contributed by atoms with Gasteiger partial charge in [-0.2, -0.15) is 0 Å². The lowest BCUT2D eigenvalue weighted by Crippen LogP contribution is -2.64. The first-order valence-corrected chi connectivity index (χ1v) is 28.2. The number of hydrogen-bond donors (Lipinski definition) is 8. The Morgan fingerprint density at radius 1 is 0.371 bits per heavy atom. The van der Waals surface area contributed by atoms with Gasteiger partial charge in [0.15, 0.2) is 0 Å². The summed E-state index contributed by atoms with van der Waals surface area (Å²) < 4.78 is 0. The minimum Gasteiger partial charge on any atom is -0.327 e. The van der Waals surface area contributed by atoms with Crippen molar-refractivity contribution in [3.05, 3.63) is 0 Å². The van der Waals surface area contributed by atoms with Crippen LogP contribution in [0.5, 0.6) is 0 Å². The van der Waals surface area contributed by atoms with E-state index in [4.69, 9.17) is 45.9 Å². The van der Waals surface area contributed by atoms with Gasteiger partial charge < -0.3 is 45.9 Å². The van der Waals surface area contributed by atoms with Gasteiger partial charge in [-0.05, 0) is 137 Å². The maximum absolute atomic E-state index is 6.14. The van der Waals surface area contributed by atoms with E-state index < -0.39 is 0 Å². The highest BCUT2D eigenvalue weighted by atomic mass is 15.3. The number of nitrogens with zero attached hydrogens (tertiary/aromatic N) is 8. The summed E-state index contributed by atoms with van der Waals surface area (Å²) in [6.07, 6.45) is 2.12. The number of nitrogens with two attached hydrogens (primary N) is 8. The van der Waals surface area contributed by atoms with E-state index in [0.29, 0.717) is 72.5 Å². The molecule has 16 unspecified atom stereocenters. The van der Waals surface area contributed by atoms with Crippen LogP contribution in [0.25, 0.3) is 0 Å². The fourth-order valence-corrected chi connectivity index (χ4v) is 10.8. The maximum Gasteiger partial charge on any atom is 0.0226 e. The van der Waals surface area contributed by atoms with Crippen molar-refractivity contribution in [2.24, 2.45) is 45.9 Å². The topological polar surface area (TPSA) is 234 Å². The van der Waals surface area contributed by atoms with E-state index in [0.717, 1.165) is 104 Å². The van der Waals surface area contributed by atoms with Crippen LogP contribution >= 0.6 is 0 Å². The predicted octanol–water partition coefficient (Wildman–Crippen LogP) is 2.64. The van der Waals surface area contributed by atoms with Crippen LogP contribution in [0.4, 0.5) is 0 Å². The monoisotopic (exact) mass is 997 g/mol. The molecule has 0 bridgehead atoms. The summed E-state index contributed by atoms with van der Waals surface area (Å²) in [5.41, 5.74) is 48.0. The van der Waals surface area contributed by atoms with E-state index in [1.54, 1.807) is 0 Å². The van der Waals surface area contributed by atoms with Crippen molar-refractivity contribution in [1.82, 2.24) is 39.2 Å². The van der Waals surface area contributed by atoms with Crippen molar-refractivity contribution >= 4 is 0 Å². The molecule has 0 amide bonds. The molecule has 0 aromatic rings. The van der Waals surface area contributed by atoms with Crippen molar-refractivity contribution in [3.63, 3.8) is 0 Å². The van der Waals surface area contributed by atoms with Crippen molar-refractivity contribution in [2.75, 3.05) is 91.6 Å². The standard InChI is InChI=1S/3C14H32N4.C12H28N4/c1-11-7-18(10-14(5,6)16)12(2)8-17(11)9-13(3,4)15;1-9-7-18(14(6)12(4)16)10(2)8-17(9)13(5)11(3)15;1-5-13(15)9-17-7-12(4)18(8-11(17)3)10-14(16)6-2;1-9(13)5-15-7-12(4)16(6-10(2)14)8-11(15)3/h11-12H,7-10,15-16H2,1-6H3;9-14H,7-8,15-16H2,1-6H3;11-14H,5-10,15-16H2,1-4H3;9-12H,5-8,13-14H2,1-4H3. The lowest BCUT2D eigenvalue weighted by Gasteiger charge is -2.50. The summed E-state index contributed by atoms with van der Waals surface area (Å²) in [5.74, 6) is 0. The second kappa shape index (κ2) is 31.4. The van der Waals surface area contributed by atoms with Crippen LogP contribution in [0.1, 0.15) is 151 Å². The molecule has 70 heavy (non-hydrogen) atoms. The highest BCUT2D eigenvalue weighted by Crippen LogP contribution is 2.23. The van der Waals surface area contributed by atoms with E-state index in [1.165, 1.54) is 0 Å². The maximum atomic E-state index is 6.14. The van der Waals surface area contributed by atoms with E-state index in [9.17, 15) is 0 Å². The minimum atomic E-state index is -0.122. The summed E-state index contributed by atoms with van der Waals surface area (Å²) >= 11 is 0. The van der Waals surface area contributed by atoms with Crippen molar-refractivity contribution in [1.29, 1.82) is 0 Å². The Morgan fingerprint density at radius 3 is 0.814 bits per heavy atom. The molecular weight excluding hydrogens is 873 g/mol. The molecule has 0 aromatic carbocycles. The first-order valence-electron chi connectivity index (χ1n) is 28.2. The molecular formula is C54H124N16. The smallest absolute Gasteiger partial charge is 0.0226 e. The summed E-state index contributed by atoms with van der Waals surface area (Å²) in [7, 11) is 0. The Bertz CT molecular complexity index is 1260. The Kier molecular flexibility index (Phi) is 30.2. The second-order valence-electron chi connectivity index (χ2n) is 25.3. The molecule has 16 atom stereocenters. The average Bonchev–Trinajstić information content (AvgIpc) is 3.22. The van der Waals surface area contributed by atoms with Gasteiger partial charge >= 0.3 is 0 Å². The summed E-state index contributed by atoms with van der Waals surface area (Å²) in [5, 5.41) is 0. The van der Waals surface area contributed by atoms with Gasteiger partial charge in [-0.25, -0.2) is 0 Å². The van der Waals surface area contributed by atoms with Gasteiger partial charge in [-0.3, -0.25) is 39.2 Å². The molecule has 4 aliphatic heterocycles. The molecule has 0 radical (unpaired) electrons. The van der Waals surface area contributed by atoms with Crippen LogP contribution in [0.2, 0.25) is 0 Å². The van der Waals surface area contributed by atoms with E-state index >= 15 is 0 Å². The molecule has 0 saturated carbocycles. The Hall–Kier alpha value is -0.640. The van der Waals surface area contributed by atoms with Crippen LogP contribution in [0.3, 0.4) is 0 Å². The first kappa shape index (κ1) is 67.4. The SMILES string of the molecule is CC(N)C(C)N1CC(C)N(C(C)C(C)N)CC1C.CC(N)CN1CC(C)N(CC(C)N)CC1C.CC1CN(CC(C)(C)N)C(C)CN1CC(C)(C)N.CCC(N)CN1CC(C)N(CC(N)CC)CC1C. The Morgan fingerprint density at radius 2 is 0.600 bits per heavy atom. The van der Waals surface area contributed by atoms with Crippen molar-refractivity contribution < 1.29 is 0 Å². The predicted molar refractivity (Wildman–Crippen MR) is 305 cm³/mol. The van der Waals surface area contributed by atoms with Gasteiger partial charge in [0.05, 0.1) is 0 Å². The molecule has 4 aliphatic rings. The molecule has 16 N–H and O–H groups in total. The molecule has 0 spiro atoms. The van der Waals surface area contributed by atoms with Gasteiger partial charge in [-0.15, -0.1) is 0 Å². The fourth-order valence-electron chi connectivity index (χ4n) is 10.8. The molecule has 4 heterocycles. The van der Waals surface area contributed by atoms with Crippen LogP contribution in [0.15, 0.2) is 0 Å². The molecule has 4 fully saturated rings. The normalized spacial score (nSPS) is 31.4. The van der Waals surface area contributed by atoms with Crippen LogP contribution < -0.4 is 45.9 Å². The number of hydrogen-bond acceptors (Lipinski definition) is 16. The molecule has 16 heteroatoms. The summed E-state index contributed by atoms with van der Waals surface area (Å²) in [6, 6.07) is 6.98. The van der Waals surface area contributed by atoms with Gasteiger partial charge in [0.2, 0.25) is 0 Å². The van der Waals surface area contributed by atoms with Crippen molar-refractivity contribution in [2.45, 2.75) is 259 Å². The third-order valence-electron chi connectivity index (χ3n) is 15.6. The minimum absolute atomic E-state index is 0.122. The zero-order chi connectivity index (χ0) is 54.2. The average molecular weight is 998 g/mol. The Labute approximate surface area is 434 Å². The third kappa shape index (κ3) is 24.8. The highest BCUT2D eigenvalue weighted by Gasteiger charge is 2.37. The number of piperazine rings is 4. The van der Waals surface area contributed by atoms with Gasteiger partial charge in [0, 0.05) is 199 Å². The second-order valence-corrected chi connectivity index (χ2v) is 25.3. The fraction of sp³-hybridized carbons (Fsp3) is 1.00. The Balaban J connectivity index is 0.000000467. The van der Waals surface area contributed by atoms with Crippen LogP contribution in [-0.4, -0.2) is 239 Å². The molecule has 0 aliphatic carbocycles. The van der Waals surface area contributed by atoms with Crippen molar-refractivity contribution in [3.8, 4) is 0 Å². The lowest BCUT2D eigenvalue weighted by atomic mass is 9.99. The number of rotatable bonds is 18. The van der Waals surface area contributed by atoms with Crippen LogP contribution in [-0.2, 0) is 0 Å². The molecule has 16 nitrogen and oxygen atoms in total. The van der Waals surface area contributed by atoms with Gasteiger partial charge in [0.1, 0.15) is 0 Å². The lowest BCUT2D eigenvalue weighted by molar-refractivity contribution is -0.00838. The van der Waals surface area contributed by atoms with Gasteiger partial charge in [-0.1, -0.05) is 13.8 Å². The first-order chi connectivity index (χ1) is 32.1. The van der Waals surface area contributed by atoms with Gasteiger partial charge in [0.25, 0.3) is 0 Å². The highest BCUT2D eigenvalue weighted by molar-refractivity contribution is 4.94. The van der Waals surface area contributed by atoms with Crippen LogP contribution in [0, 0.1) is 0 Å². The molecule has 0 aromatic heterocycles. The zero-order valence-corrected chi connectivity index (χ0v) is 49.7. The quantitative estimate of drug-likeness (QED) is 0.0987. The summed E-state index contributed by atoms with van der Waals surface area (Å²) in [4.78, 5) is 20.1. The summed E-state index contributed by atoms with van der Waals surface area (Å²) in [6.45, 7) is 58.6. The van der Waals surface area contributed by atoms with E-state index in [-0.39, 0.29) is 35.2 Å².